The Morgan fingerprint density at radius 2 is 2.05 bits per heavy atom. The maximum absolute atomic E-state index is 12.3. The molecule has 1 aromatic carbocycles. The number of aromatic carboxylic acids is 1. The normalized spacial score (nSPS) is 11.4. The van der Waals surface area contributed by atoms with E-state index < -0.39 is 16.0 Å². The first-order chi connectivity index (χ1) is 9.70. The van der Waals surface area contributed by atoms with E-state index in [2.05, 4.69) is 20.7 Å². The first-order valence-corrected chi connectivity index (χ1v) is 8.23. The minimum atomic E-state index is -3.89. The van der Waals surface area contributed by atoms with E-state index in [9.17, 15) is 13.2 Å². The fourth-order valence-electron chi connectivity index (χ4n) is 1.67. The second kappa shape index (κ2) is 5.70. The lowest BCUT2D eigenvalue weighted by atomic mass is 10.3. The van der Waals surface area contributed by atoms with Gasteiger partial charge in [-0.25, -0.2) is 13.2 Å². The summed E-state index contributed by atoms with van der Waals surface area (Å²) in [5.41, 5.74) is 0.186. The molecular weight excluding hydrogens is 384 g/mol. The molecule has 0 amide bonds. The monoisotopic (exact) mass is 392 g/mol. The highest BCUT2D eigenvalue weighted by Crippen LogP contribution is 2.28. The van der Waals surface area contributed by atoms with Crippen molar-refractivity contribution in [1.82, 2.24) is 4.57 Å². The van der Waals surface area contributed by atoms with Gasteiger partial charge in [0.2, 0.25) is 0 Å². The van der Waals surface area contributed by atoms with Gasteiger partial charge in [0.15, 0.2) is 0 Å². The van der Waals surface area contributed by atoms with Gasteiger partial charge in [0.25, 0.3) is 10.0 Å². The van der Waals surface area contributed by atoms with E-state index in [1.54, 1.807) is 6.07 Å². The maximum atomic E-state index is 12.3. The van der Waals surface area contributed by atoms with E-state index in [1.165, 1.54) is 29.9 Å². The van der Waals surface area contributed by atoms with Crippen LogP contribution in [-0.2, 0) is 17.1 Å². The van der Waals surface area contributed by atoms with Crippen LogP contribution in [0.25, 0.3) is 0 Å². The van der Waals surface area contributed by atoms with Crippen LogP contribution in [0.5, 0.6) is 0 Å². The summed E-state index contributed by atoms with van der Waals surface area (Å²) in [6.07, 6.45) is 1.23. The molecule has 0 bridgehead atoms. The Balaban J connectivity index is 2.38. The lowest BCUT2D eigenvalue weighted by molar-refractivity contribution is 0.0686. The molecule has 21 heavy (non-hydrogen) atoms. The average Bonchev–Trinajstić information content (AvgIpc) is 2.76. The van der Waals surface area contributed by atoms with E-state index in [4.69, 9.17) is 16.7 Å². The number of carboxylic acids is 1. The number of halogens is 2. The minimum absolute atomic E-state index is 0.120. The summed E-state index contributed by atoms with van der Waals surface area (Å²) < 4.78 is 28.6. The molecule has 0 spiro atoms. The Hall–Kier alpha value is -1.51. The van der Waals surface area contributed by atoms with Crippen molar-refractivity contribution in [3.63, 3.8) is 0 Å². The molecule has 0 saturated carbocycles. The Labute approximate surface area is 134 Å². The van der Waals surface area contributed by atoms with Crippen LogP contribution < -0.4 is 4.72 Å². The molecule has 1 aromatic heterocycles. The highest BCUT2D eigenvalue weighted by atomic mass is 79.9. The quantitative estimate of drug-likeness (QED) is 0.836. The topological polar surface area (TPSA) is 88.4 Å². The van der Waals surface area contributed by atoms with Crippen LogP contribution in [0.1, 0.15) is 10.5 Å². The molecule has 2 N–H and O–H groups in total. The van der Waals surface area contributed by atoms with Crippen LogP contribution in [0.2, 0.25) is 5.02 Å². The maximum Gasteiger partial charge on any atom is 0.352 e. The summed E-state index contributed by atoms with van der Waals surface area (Å²) in [7, 11) is -2.43. The van der Waals surface area contributed by atoms with E-state index in [1.807, 2.05) is 0 Å². The summed E-state index contributed by atoms with van der Waals surface area (Å²) in [6, 6.07) is 5.68. The molecule has 1 heterocycles. The fraction of sp³-hybridized carbons (Fsp3) is 0.0833. The zero-order chi connectivity index (χ0) is 15.8. The van der Waals surface area contributed by atoms with Crippen LogP contribution >= 0.6 is 27.5 Å². The van der Waals surface area contributed by atoms with Crippen LogP contribution in [0.15, 0.2) is 39.8 Å². The number of nitrogens with one attached hydrogen (secondary N) is 1. The molecule has 0 atom stereocenters. The summed E-state index contributed by atoms with van der Waals surface area (Å²) in [4.78, 5) is 10.8. The van der Waals surface area contributed by atoms with Crippen molar-refractivity contribution in [1.29, 1.82) is 0 Å². The van der Waals surface area contributed by atoms with Crippen LogP contribution in [-0.4, -0.2) is 24.1 Å². The average molecular weight is 394 g/mol. The highest BCUT2D eigenvalue weighted by molar-refractivity contribution is 9.10. The lowest BCUT2D eigenvalue weighted by Crippen LogP contribution is -2.12. The molecule has 9 heteroatoms. The molecule has 0 aliphatic rings. The number of carboxylic acid groups (broad SMARTS) is 1. The van der Waals surface area contributed by atoms with Gasteiger partial charge >= 0.3 is 5.97 Å². The molecule has 6 nitrogen and oxygen atoms in total. The van der Waals surface area contributed by atoms with Crippen LogP contribution in [0.3, 0.4) is 0 Å². The van der Waals surface area contributed by atoms with Gasteiger partial charge < -0.3 is 9.67 Å². The molecule has 0 aliphatic carbocycles. The summed E-state index contributed by atoms with van der Waals surface area (Å²) in [6.45, 7) is 0. The molecular formula is C12H10BrClN2O4S. The Bertz CT molecular complexity index is 817. The number of hydrogen-bond donors (Lipinski definition) is 2. The third-order valence-corrected chi connectivity index (χ3v) is 4.91. The Morgan fingerprint density at radius 3 is 2.57 bits per heavy atom. The summed E-state index contributed by atoms with van der Waals surface area (Å²) in [5, 5.41) is 9.41. The van der Waals surface area contributed by atoms with Crippen LogP contribution in [0, 0.1) is 0 Å². The van der Waals surface area contributed by atoms with Crippen molar-refractivity contribution in [3.8, 4) is 0 Å². The van der Waals surface area contributed by atoms with Gasteiger partial charge in [-0.05, 0) is 40.2 Å². The summed E-state index contributed by atoms with van der Waals surface area (Å²) in [5.74, 6) is -1.20. The standard InChI is InChI=1S/C12H10BrClN2O4S/c1-16-6-8(5-11(16)12(17)18)21(19,20)15-10-3-2-7(14)4-9(10)13/h2-6,15H,1H3,(H,17,18). The number of benzene rings is 1. The molecule has 0 saturated heterocycles. The largest absolute Gasteiger partial charge is 0.477 e. The van der Waals surface area contributed by atoms with Crippen molar-refractivity contribution < 1.29 is 18.3 Å². The first-order valence-electron chi connectivity index (χ1n) is 5.58. The van der Waals surface area contributed by atoms with Gasteiger partial charge in [-0.3, -0.25) is 4.72 Å². The van der Waals surface area contributed by atoms with Gasteiger partial charge in [0.05, 0.1) is 5.69 Å². The SMILES string of the molecule is Cn1cc(S(=O)(=O)Nc2ccc(Cl)cc2Br)cc1C(=O)O. The second-order valence-corrected chi connectivity index (χ2v) is 7.18. The predicted molar refractivity (Wildman–Crippen MR) is 82.3 cm³/mol. The highest BCUT2D eigenvalue weighted by Gasteiger charge is 2.21. The van der Waals surface area contributed by atoms with Gasteiger partial charge in [0, 0.05) is 22.7 Å². The Kier molecular flexibility index (Phi) is 4.31. The Morgan fingerprint density at radius 1 is 1.38 bits per heavy atom. The zero-order valence-electron chi connectivity index (χ0n) is 10.7. The molecule has 2 rings (SSSR count). The number of anilines is 1. The van der Waals surface area contributed by atoms with E-state index in [0.717, 1.165) is 6.07 Å². The molecule has 112 valence electrons. The van der Waals surface area contributed by atoms with E-state index in [0.29, 0.717) is 15.2 Å². The second-order valence-electron chi connectivity index (χ2n) is 4.21. The number of rotatable bonds is 4. The number of nitrogens with zero attached hydrogens (tertiary/aromatic N) is 1. The zero-order valence-corrected chi connectivity index (χ0v) is 13.8. The molecule has 0 radical (unpaired) electrons. The molecule has 2 aromatic rings. The van der Waals surface area contributed by atoms with Crippen molar-refractivity contribution in [2.24, 2.45) is 7.05 Å². The third-order valence-electron chi connectivity index (χ3n) is 2.68. The number of aromatic nitrogens is 1. The van der Waals surface area contributed by atoms with Crippen molar-refractivity contribution in [2.75, 3.05) is 4.72 Å². The summed E-state index contributed by atoms with van der Waals surface area (Å²) >= 11 is 8.99. The smallest absolute Gasteiger partial charge is 0.352 e. The number of aryl methyl sites for hydroxylation is 1. The number of hydrogen-bond acceptors (Lipinski definition) is 3. The minimum Gasteiger partial charge on any atom is -0.477 e. The van der Waals surface area contributed by atoms with Crippen molar-refractivity contribution >= 4 is 49.2 Å². The first kappa shape index (κ1) is 15.9. The molecule has 0 aliphatic heterocycles. The van der Waals surface area contributed by atoms with Gasteiger partial charge in [-0.2, -0.15) is 0 Å². The van der Waals surface area contributed by atoms with Crippen LogP contribution in [0.4, 0.5) is 5.69 Å². The number of sulfonamides is 1. The van der Waals surface area contributed by atoms with Crippen molar-refractivity contribution in [3.05, 3.63) is 45.7 Å². The number of carbonyl (C=O) groups is 1. The van der Waals surface area contributed by atoms with E-state index in [-0.39, 0.29) is 10.6 Å². The predicted octanol–water partition coefficient (Wildman–Crippen LogP) is 2.94. The van der Waals surface area contributed by atoms with Crippen molar-refractivity contribution in [2.45, 2.75) is 4.90 Å². The van der Waals surface area contributed by atoms with Gasteiger partial charge in [0.1, 0.15) is 10.6 Å². The van der Waals surface area contributed by atoms with Gasteiger partial charge in [-0.15, -0.1) is 0 Å². The fourth-order valence-corrected chi connectivity index (χ4v) is 3.73. The lowest BCUT2D eigenvalue weighted by Gasteiger charge is -2.08. The third kappa shape index (κ3) is 3.39. The molecule has 0 fully saturated rings. The van der Waals surface area contributed by atoms with E-state index >= 15 is 0 Å². The molecule has 0 unspecified atom stereocenters. The van der Waals surface area contributed by atoms with Gasteiger partial charge in [-0.1, -0.05) is 11.6 Å².